The Kier molecular flexibility index (Phi) is 3.90. The molecule has 5 heteroatoms. The third-order valence-corrected chi connectivity index (χ3v) is 3.07. The maximum Gasteiger partial charge on any atom is 0.270 e. The Morgan fingerprint density at radius 2 is 2.39 bits per heavy atom. The molecule has 1 aliphatic carbocycles. The van der Waals surface area contributed by atoms with Gasteiger partial charge in [0.25, 0.3) is 5.91 Å². The van der Waals surface area contributed by atoms with Crippen molar-refractivity contribution in [3.8, 4) is 6.07 Å². The molecule has 1 heterocycles. The molecule has 0 spiro atoms. The number of carbonyl (C=O) groups is 1. The van der Waals surface area contributed by atoms with E-state index in [2.05, 4.69) is 10.3 Å². The number of nitrogens with zero attached hydrogens (tertiary/aromatic N) is 2. The van der Waals surface area contributed by atoms with E-state index in [1.54, 1.807) is 6.07 Å². The molecule has 2 rings (SSSR count). The minimum absolute atomic E-state index is 0.0277. The predicted octanol–water partition coefficient (Wildman–Crippen LogP) is 0.844. The van der Waals surface area contributed by atoms with Gasteiger partial charge < -0.3 is 10.4 Å². The maximum absolute atomic E-state index is 11.9. The van der Waals surface area contributed by atoms with Crippen molar-refractivity contribution in [2.45, 2.75) is 25.3 Å². The van der Waals surface area contributed by atoms with Crippen LogP contribution in [0.3, 0.4) is 0 Å². The summed E-state index contributed by atoms with van der Waals surface area (Å²) in [5.41, 5.74) is 0.734. The Morgan fingerprint density at radius 1 is 1.61 bits per heavy atom. The van der Waals surface area contributed by atoms with E-state index in [1.165, 1.54) is 12.3 Å². The number of nitriles is 1. The molecule has 1 fully saturated rings. The van der Waals surface area contributed by atoms with Gasteiger partial charge in [-0.3, -0.25) is 4.79 Å². The van der Waals surface area contributed by atoms with Crippen LogP contribution >= 0.6 is 0 Å². The van der Waals surface area contributed by atoms with E-state index < -0.39 is 0 Å². The van der Waals surface area contributed by atoms with Crippen LogP contribution in [0.2, 0.25) is 0 Å². The first-order valence-corrected chi connectivity index (χ1v) is 6.02. The molecule has 1 amide bonds. The van der Waals surface area contributed by atoms with Gasteiger partial charge in [0, 0.05) is 18.8 Å². The Bertz CT molecular complexity index is 460. The molecule has 1 aliphatic rings. The molecule has 5 nitrogen and oxygen atoms in total. The number of pyridine rings is 1. The SMILES string of the molecule is N#Cc1ccc(C(=O)NC(CCO)C2CC2)nc1. The van der Waals surface area contributed by atoms with Gasteiger partial charge in [-0.1, -0.05) is 0 Å². The third-order valence-electron chi connectivity index (χ3n) is 3.07. The lowest BCUT2D eigenvalue weighted by Gasteiger charge is -2.16. The molecule has 1 aromatic heterocycles. The van der Waals surface area contributed by atoms with Crippen molar-refractivity contribution in [2.24, 2.45) is 5.92 Å². The van der Waals surface area contributed by atoms with Crippen molar-refractivity contribution in [2.75, 3.05) is 6.61 Å². The van der Waals surface area contributed by atoms with Crippen LogP contribution in [0.25, 0.3) is 0 Å². The van der Waals surface area contributed by atoms with Crippen LogP contribution in [0.5, 0.6) is 0 Å². The molecular formula is C13H15N3O2. The van der Waals surface area contributed by atoms with E-state index in [0.29, 0.717) is 23.6 Å². The summed E-state index contributed by atoms with van der Waals surface area (Å²) >= 11 is 0. The van der Waals surface area contributed by atoms with E-state index in [9.17, 15) is 4.79 Å². The number of nitrogens with one attached hydrogen (secondary N) is 1. The molecule has 94 valence electrons. The first kappa shape index (κ1) is 12.5. The number of carbonyl (C=O) groups excluding carboxylic acids is 1. The highest BCUT2D eigenvalue weighted by atomic mass is 16.3. The second-order valence-electron chi connectivity index (χ2n) is 4.47. The topological polar surface area (TPSA) is 86.0 Å². The first-order valence-electron chi connectivity index (χ1n) is 6.02. The van der Waals surface area contributed by atoms with Gasteiger partial charge in [-0.2, -0.15) is 5.26 Å². The molecule has 1 saturated carbocycles. The van der Waals surface area contributed by atoms with Crippen LogP contribution in [0.15, 0.2) is 18.3 Å². The van der Waals surface area contributed by atoms with Gasteiger partial charge in [0.05, 0.1) is 5.56 Å². The molecule has 0 radical (unpaired) electrons. The highest BCUT2D eigenvalue weighted by Gasteiger charge is 2.32. The van der Waals surface area contributed by atoms with E-state index in [0.717, 1.165) is 12.8 Å². The van der Waals surface area contributed by atoms with Gasteiger partial charge in [0.15, 0.2) is 0 Å². The lowest BCUT2D eigenvalue weighted by atomic mass is 10.1. The Labute approximate surface area is 105 Å². The standard InChI is InChI=1S/C13H15N3O2/c14-7-9-1-4-12(15-8-9)13(18)16-11(5-6-17)10-2-3-10/h1,4,8,10-11,17H,2-3,5-6H2,(H,16,18). The summed E-state index contributed by atoms with van der Waals surface area (Å²) in [6.45, 7) is 0.0717. The lowest BCUT2D eigenvalue weighted by Crippen LogP contribution is -2.37. The Morgan fingerprint density at radius 3 is 2.89 bits per heavy atom. The van der Waals surface area contributed by atoms with Gasteiger partial charge >= 0.3 is 0 Å². The highest BCUT2D eigenvalue weighted by Crippen LogP contribution is 2.33. The maximum atomic E-state index is 11.9. The average Bonchev–Trinajstić information content (AvgIpc) is 3.22. The fraction of sp³-hybridized carbons (Fsp3) is 0.462. The largest absolute Gasteiger partial charge is 0.396 e. The number of amides is 1. The lowest BCUT2D eigenvalue weighted by molar-refractivity contribution is 0.0919. The Balaban J connectivity index is 1.99. The summed E-state index contributed by atoms with van der Waals surface area (Å²) in [6.07, 6.45) is 4.16. The van der Waals surface area contributed by atoms with Crippen molar-refractivity contribution < 1.29 is 9.90 Å². The van der Waals surface area contributed by atoms with Crippen molar-refractivity contribution >= 4 is 5.91 Å². The summed E-state index contributed by atoms with van der Waals surface area (Å²) in [6, 6.07) is 5.09. The number of hydrogen-bond acceptors (Lipinski definition) is 4. The van der Waals surface area contributed by atoms with E-state index >= 15 is 0 Å². The predicted molar refractivity (Wildman–Crippen MR) is 64.6 cm³/mol. The Hall–Kier alpha value is -1.93. The zero-order valence-corrected chi connectivity index (χ0v) is 9.97. The fourth-order valence-electron chi connectivity index (χ4n) is 1.90. The molecule has 1 unspecified atom stereocenters. The minimum atomic E-state index is -0.246. The molecule has 0 aromatic carbocycles. The van der Waals surface area contributed by atoms with Crippen molar-refractivity contribution in [1.82, 2.24) is 10.3 Å². The van der Waals surface area contributed by atoms with Crippen LogP contribution in [-0.4, -0.2) is 28.6 Å². The van der Waals surface area contributed by atoms with Gasteiger partial charge in [0.2, 0.25) is 0 Å². The van der Waals surface area contributed by atoms with E-state index in [-0.39, 0.29) is 18.6 Å². The van der Waals surface area contributed by atoms with Crippen LogP contribution in [0.1, 0.15) is 35.3 Å². The second kappa shape index (κ2) is 5.61. The summed E-state index contributed by atoms with van der Waals surface area (Å²) in [5, 5.41) is 20.5. The smallest absolute Gasteiger partial charge is 0.270 e. The van der Waals surface area contributed by atoms with Gasteiger partial charge in [-0.05, 0) is 37.3 Å². The quantitative estimate of drug-likeness (QED) is 0.805. The summed E-state index contributed by atoms with van der Waals surface area (Å²) in [5.74, 6) is 0.240. The van der Waals surface area contributed by atoms with Crippen LogP contribution in [0, 0.1) is 17.2 Å². The minimum Gasteiger partial charge on any atom is -0.396 e. The molecule has 2 N–H and O–H groups in total. The van der Waals surface area contributed by atoms with Gasteiger partial charge in [-0.15, -0.1) is 0 Å². The molecule has 0 saturated heterocycles. The van der Waals surface area contributed by atoms with Crippen LogP contribution < -0.4 is 5.32 Å². The fourth-order valence-corrected chi connectivity index (χ4v) is 1.90. The van der Waals surface area contributed by atoms with E-state index in [1.807, 2.05) is 6.07 Å². The monoisotopic (exact) mass is 245 g/mol. The summed E-state index contributed by atoms with van der Waals surface area (Å²) < 4.78 is 0. The van der Waals surface area contributed by atoms with E-state index in [4.69, 9.17) is 10.4 Å². The third kappa shape index (κ3) is 3.05. The van der Waals surface area contributed by atoms with Gasteiger partial charge in [0.1, 0.15) is 11.8 Å². The molecule has 0 aliphatic heterocycles. The number of aliphatic hydroxyl groups is 1. The van der Waals surface area contributed by atoms with Crippen LogP contribution in [0.4, 0.5) is 0 Å². The zero-order chi connectivity index (χ0) is 13.0. The summed E-state index contributed by atoms with van der Waals surface area (Å²) in [7, 11) is 0. The molecule has 0 bridgehead atoms. The second-order valence-corrected chi connectivity index (χ2v) is 4.47. The molecule has 1 aromatic rings. The normalized spacial score (nSPS) is 15.8. The van der Waals surface area contributed by atoms with Crippen LogP contribution in [-0.2, 0) is 0 Å². The highest BCUT2D eigenvalue weighted by molar-refractivity contribution is 5.92. The number of aromatic nitrogens is 1. The number of rotatable bonds is 5. The number of hydrogen-bond donors (Lipinski definition) is 2. The van der Waals surface area contributed by atoms with Gasteiger partial charge in [-0.25, -0.2) is 4.98 Å². The molecule has 18 heavy (non-hydrogen) atoms. The summed E-state index contributed by atoms with van der Waals surface area (Å²) in [4.78, 5) is 15.9. The van der Waals surface area contributed by atoms with Crippen molar-refractivity contribution in [1.29, 1.82) is 5.26 Å². The number of aliphatic hydroxyl groups excluding tert-OH is 1. The zero-order valence-electron chi connectivity index (χ0n) is 9.97. The molecular weight excluding hydrogens is 230 g/mol. The average molecular weight is 245 g/mol. The van der Waals surface area contributed by atoms with Crippen molar-refractivity contribution in [3.63, 3.8) is 0 Å². The van der Waals surface area contributed by atoms with Crippen molar-refractivity contribution in [3.05, 3.63) is 29.6 Å². The molecule has 1 atom stereocenters. The first-order chi connectivity index (χ1) is 8.74.